The Hall–Kier alpha value is -0.700. The van der Waals surface area contributed by atoms with Gasteiger partial charge in [-0.2, -0.15) is 17.0 Å². The molecule has 1 heterocycles. The van der Waals surface area contributed by atoms with Gasteiger partial charge in [0.25, 0.3) is 10.2 Å². The lowest BCUT2D eigenvalue weighted by atomic mass is 10.3. The number of nitrogens with zero attached hydrogens (tertiary/aromatic N) is 3. The molecule has 1 saturated heterocycles. The van der Waals surface area contributed by atoms with Crippen LogP contribution in [0.25, 0.3) is 0 Å². The van der Waals surface area contributed by atoms with Crippen LogP contribution >= 0.6 is 0 Å². The Morgan fingerprint density at radius 1 is 1.40 bits per heavy atom. The standard InChI is InChI=1S/C12H25N3O4S/c1-11-10-13(2)7-5-8-15(11)20(17,18)14(3)9-6-12(16)19-4/h11H,5-10H2,1-4H3. The van der Waals surface area contributed by atoms with Gasteiger partial charge in [-0.05, 0) is 26.9 Å². The van der Waals surface area contributed by atoms with E-state index >= 15 is 0 Å². The molecule has 0 saturated carbocycles. The number of methoxy groups -OCH3 is 1. The van der Waals surface area contributed by atoms with Gasteiger partial charge in [0.1, 0.15) is 0 Å². The predicted molar refractivity (Wildman–Crippen MR) is 76.5 cm³/mol. The first-order valence-corrected chi connectivity index (χ1v) is 8.17. The summed E-state index contributed by atoms with van der Waals surface area (Å²) in [5, 5.41) is 0. The molecule has 1 aliphatic rings. The smallest absolute Gasteiger partial charge is 0.306 e. The van der Waals surface area contributed by atoms with Gasteiger partial charge in [-0.15, -0.1) is 0 Å². The molecule has 0 bridgehead atoms. The summed E-state index contributed by atoms with van der Waals surface area (Å²) in [6, 6.07) is -0.0759. The van der Waals surface area contributed by atoms with Crippen molar-refractivity contribution < 1.29 is 17.9 Å². The summed E-state index contributed by atoms with van der Waals surface area (Å²) >= 11 is 0. The molecule has 20 heavy (non-hydrogen) atoms. The Balaban J connectivity index is 2.72. The van der Waals surface area contributed by atoms with Gasteiger partial charge in [-0.1, -0.05) is 0 Å². The maximum absolute atomic E-state index is 12.5. The van der Waals surface area contributed by atoms with Crippen LogP contribution in [0.5, 0.6) is 0 Å². The van der Waals surface area contributed by atoms with Crippen LogP contribution in [0.1, 0.15) is 19.8 Å². The molecule has 1 rings (SSSR count). The second-order valence-electron chi connectivity index (χ2n) is 5.23. The fourth-order valence-electron chi connectivity index (χ4n) is 2.34. The van der Waals surface area contributed by atoms with Crippen molar-refractivity contribution in [3.8, 4) is 0 Å². The van der Waals surface area contributed by atoms with Gasteiger partial charge in [0.2, 0.25) is 0 Å². The highest BCUT2D eigenvalue weighted by atomic mass is 32.2. The molecule has 1 unspecified atom stereocenters. The highest BCUT2D eigenvalue weighted by molar-refractivity contribution is 7.86. The van der Waals surface area contributed by atoms with E-state index in [1.54, 1.807) is 0 Å². The molecule has 0 aromatic heterocycles. The van der Waals surface area contributed by atoms with E-state index in [-0.39, 0.29) is 19.0 Å². The molecule has 7 nitrogen and oxygen atoms in total. The number of rotatable bonds is 5. The quantitative estimate of drug-likeness (QED) is 0.655. The van der Waals surface area contributed by atoms with E-state index < -0.39 is 16.2 Å². The lowest BCUT2D eigenvalue weighted by Gasteiger charge is -2.31. The molecule has 0 radical (unpaired) electrons. The number of hydrogen-bond donors (Lipinski definition) is 0. The van der Waals surface area contributed by atoms with Crippen LogP contribution in [0, 0.1) is 0 Å². The fourth-order valence-corrected chi connectivity index (χ4v) is 3.90. The maximum Gasteiger partial charge on any atom is 0.306 e. The summed E-state index contributed by atoms with van der Waals surface area (Å²) in [6.45, 7) is 4.16. The molecule has 0 aromatic carbocycles. The van der Waals surface area contributed by atoms with Crippen molar-refractivity contribution in [1.29, 1.82) is 0 Å². The number of likely N-dealkylation sites (N-methyl/N-ethyl adjacent to an activating group) is 1. The normalized spacial score (nSPS) is 22.8. The average Bonchev–Trinajstić information content (AvgIpc) is 2.56. The number of carbonyl (C=O) groups is 1. The molecule has 0 N–H and O–H groups in total. The number of ether oxygens (including phenoxy) is 1. The van der Waals surface area contributed by atoms with Gasteiger partial charge < -0.3 is 9.64 Å². The van der Waals surface area contributed by atoms with E-state index in [4.69, 9.17) is 0 Å². The Morgan fingerprint density at radius 2 is 2.05 bits per heavy atom. The van der Waals surface area contributed by atoms with Crippen LogP contribution in [0.3, 0.4) is 0 Å². The second kappa shape index (κ2) is 7.35. The highest BCUT2D eigenvalue weighted by Crippen LogP contribution is 2.16. The summed E-state index contributed by atoms with van der Waals surface area (Å²) < 4.78 is 32.4. The van der Waals surface area contributed by atoms with E-state index in [1.807, 2.05) is 14.0 Å². The summed E-state index contributed by atoms with van der Waals surface area (Å²) in [7, 11) is 1.26. The van der Waals surface area contributed by atoms with Gasteiger partial charge in [-0.25, -0.2) is 0 Å². The molecule has 1 atom stereocenters. The highest BCUT2D eigenvalue weighted by Gasteiger charge is 2.32. The lowest BCUT2D eigenvalue weighted by molar-refractivity contribution is -0.140. The van der Waals surface area contributed by atoms with E-state index in [9.17, 15) is 13.2 Å². The van der Waals surface area contributed by atoms with Crippen LogP contribution in [0.4, 0.5) is 0 Å². The third-order valence-corrected chi connectivity index (χ3v) is 5.64. The van der Waals surface area contributed by atoms with Crippen LogP contribution in [-0.2, 0) is 19.7 Å². The van der Waals surface area contributed by atoms with E-state index in [0.717, 1.165) is 13.0 Å². The van der Waals surface area contributed by atoms with Crippen LogP contribution in [0.15, 0.2) is 0 Å². The van der Waals surface area contributed by atoms with Crippen LogP contribution in [-0.4, -0.2) is 81.3 Å². The average molecular weight is 307 g/mol. The zero-order valence-corrected chi connectivity index (χ0v) is 13.5. The topological polar surface area (TPSA) is 70.2 Å². The maximum atomic E-state index is 12.5. The van der Waals surface area contributed by atoms with E-state index in [0.29, 0.717) is 13.1 Å². The molecular formula is C12H25N3O4S. The summed E-state index contributed by atoms with van der Waals surface area (Å²) in [5.74, 6) is -0.407. The monoisotopic (exact) mass is 307 g/mol. The summed E-state index contributed by atoms with van der Waals surface area (Å²) in [4.78, 5) is 13.3. The number of esters is 1. The predicted octanol–water partition coefficient (Wildman–Crippen LogP) is -0.248. The minimum atomic E-state index is -3.53. The third kappa shape index (κ3) is 4.41. The van der Waals surface area contributed by atoms with Gasteiger partial charge >= 0.3 is 5.97 Å². The molecule has 0 aliphatic carbocycles. The summed E-state index contributed by atoms with van der Waals surface area (Å²) in [6.07, 6.45) is 0.874. The second-order valence-corrected chi connectivity index (χ2v) is 7.22. The van der Waals surface area contributed by atoms with Crippen molar-refractivity contribution in [2.24, 2.45) is 0 Å². The first-order chi connectivity index (χ1) is 9.28. The number of hydrogen-bond acceptors (Lipinski definition) is 5. The Kier molecular flexibility index (Phi) is 6.38. The molecule has 1 aliphatic heterocycles. The molecule has 0 amide bonds. The fraction of sp³-hybridized carbons (Fsp3) is 0.917. The molecule has 0 spiro atoms. The SMILES string of the molecule is COC(=O)CCN(C)S(=O)(=O)N1CCCN(C)CC1C. The zero-order valence-electron chi connectivity index (χ0n) is 12.7. The van der Waals surface area contributed by atoms with E-state index in [2.05, 4.69) is 9.64 Å². The minimum Gasteiger partial charge on any atom is -0.469 e. The van der Waals surface area contributed by atoms with Gasteiger partial charge in [0.05, 0.1) is 13.5 Å². The Labute approximate surface area is 121 Å². The Bertz CT molecular complexity index is 426. The van der Waals surface area contributed by atoms with Crippen molar-refractivity contribution >= 4 is 16.2 Å². The molecule has 118 valence electrons. The Morgan fingerprint density at radius 3 is 2.65 bits per heavy atom. The lowest BCUT2D eigenvalue weighted by Crippen LogP contribution is -2.48. The molecule has 8 heteroatoms. The van der Waals surface area contributed by atoms with Crippen molar-refractivity contribution in [2.75, 3.05) is 47.4 Å². The molecule has 0 aromatic rings. The van der Waals surface area contributed by atoms with Crippen molar-refractivity contribution in [2.45, 2.75) is 25.8 Å². The van der Waals surface area contributed by atoms with Crippen LogP contribution in [0.2, 0.25) is 0 Å². The largest absolute Gasteiger partial charge is 0.469 e. The van der Waals surface area contributed by atoms with Crippen molar-refractivity contribution in [1.82, 2.24) is 13.5 Å². The molecular weight excluding hydrogens is 282 g/mol. The van der Waals surface area contributed by atoms with E-state index in [1.165, 1.54) is 22.8 Å². The van der Waals surface area contributed by atoms with Gasteiger partial charge in [-0.3, -0.25) is 4.79 Å². The zero-order chi connectivity index (χ0) is 15.3. The molecule has 1 fully saturated rings. The summed E-state index contributed by atoms with van der Waals surface area (Å²) in [5.41, 5.74) is 0. The first kappa shape index (κ1) is 17.4. The van der Waals surface area contributed by atoms with Crippen molar-refractivity contribution in [3.63, 3.8) is 0 Å². The van der Waals surface area contributed by atoms with Gasteiger partial charge in [0, 0.05) is 32.7 Å². The number of carbonyl (C=O) groups excluding carboxylic acids is 1. The third-order valence-electron chi connectivity index (χ3n) is 3.53. The minimum absolute atomic E-state index is 0.0638. The van der Waals surface area contributed by atoms with Crippen molar-refractivity contribution in [3.05, 3.63) is 0 Å². The first-order valence-electron chi connectivity index (χ1n) is 6.77. The van der Waals surface area contributed by atoms with Crippen LogP contribution < -0.4 is 0 Å². The van der Waals surface area contributed by atoms with Gasteiger partial charge in [0.15, 0.2) is 0 Å².